The second kappa shape index (κ2) is 8.48. The minimum Gasteiger partial charge on any atom is -0.340 e. The van der Waals surface area contributed by atoms with E-state index in [2.05, 4.69) is 36.4 Å². The third-order valence-corrected chi connectivity index (χ3v) is 4.78. The molecule has 2 heterocycles. The number of benzene rings is 1. The van der Waals surface area contributed by atoms with Crippen molar-refractivity contribution in [3.8, 4) is 5.69 Å². The topological polar surface area (TPSA) is 67.2 Å². The predicted molar refractivity (Wildman–Crippen MR) is 94.0 cm³/mol. The number of rotatable bonds is 6. The molecule has 9 heteroatoms. The first-order chi connectivity index (χ1) is 12.2. The van der Waals surface area contributed by atoms with Crippen LogP contribution < -0.4 is 0 Å². The summed E-state index contributed by atoms with van der Waals surface area (Å²) >= 11 is 3.35. The van der Waals surface area contributed by atoms with E-state index in [1.807, 2.05) is 4.90 Å². The van der Waals surface area contributed by atoms with Gasteiger partial charge in [-0.25, -0.2) is 4.39 Å². The highest BCUT2D eigenvalue weighted by molar-refractivity contribution is 9.09. The highest BCUT2D eigenvalue weighted by atomic mass is 79.9. The molecule has 0 radical (unpaired) electrons. The molecule has 0 spiro atoms. The first-order valence-electron chi connectivity index (χ1n) is 8.26. The second-order valence-corrected chi connectivity index (χ2v) is 6.73. The Bertz CT molecular complexity index is 699. The number of carbonyl (C=O) groups excluding carboxylic acids is 1. The van der Waals surface area contributed by atoms with E-state index in [1.165, 1.54) is 12.1 Å². The second-order valence-electron chi connectivity index (χ2n) is 5.93. The molecule has 1 aromatic heterocycles. The summed E-state index contributed by atoms with van der Waals surface area (Å²) in [6, 6.07) is 6.07. The van der Waals surface area contributed by atoms with E-state index in [0.29, 0.717) is 18.8 Å². The first kappa shape index (κ1) is 17.9. The molecule has 2 aromatic rings. The Balaban J connectivity index is 1.57. The van der Waals surface area contributed by atoms with Gasteiger partial charge < -0.3 is 4.90 Å². The summed E-state index contributed by atoms with van der Waals surface area (Å²) in [6.45, 7) is 3.61. The lowest BCUT2D eigenvalue weighted by Gasteiger charge is -2.34. The fourth-order valence-electron chi connectivity index (χ4n) is 2.82. The van der Waals surface area contributed by atoms with Crippen molar-refractivity contribution >= 4 is 21.8 Å². The fourth-order valence-corrected chi connectivity index (χ4v) is 3.10. The Morgan fingerprint density at radius 2 is 1.88 bits per heavy atom. The molecule has 3 rings (SSSR count). The van der Waals surface area contributed by atoms with Gasteiger partial charge in [-0.05, 0) is 41.1 Å². The summed E-state index contributed by atoms with van der Waals surface area (Å²) in [4.78, 5) is 16.2. The molecule has 0 N–H and O–H groups in total. The minimum atomic E-state index is -0.293. The lowest BCUT2D eigenvalue weighted by molar-refractivity contribution is -0.133. The van der Waals surface area contributed by atoms with E-state index in [9.17, 15) is 9.18 Å². The molecule has 7 nitrogen and oxygen atoms in total. The smallest absolute Gasteiger partial charge is 0.222 e. The predicted octanol–water partition coefficient (Wildman–Crippen LogP) is 1.62. The van der Waals surface area contributed by atoms with Gasteiger partial charge in [0.25, 0.3) is 0 Å². The fraction of sp³-hybridized carbons (Fsp3) is 0.500. The largest absolute Gasteiger partial charge is 0.340 e. The number of carbonyl (C=O) groups is 1. The van der Waals surface area contributed by atoms with Crippen molar-refractivity contribution in [1.29, 1.82) is 0 Å². The van der Waals surface area contributed by atoms with Crippen molar-refractivity contribution in [3.63, 3.8) is 0 Å². The zero-order valence-electron chi connectivity index (χ0n) is 13.8. The Hall–Kier alpha value is -1.87. The monoisotopic (exact) mass is 410 g/mol. The van der Waals surface area contributed by atoms with Gasteiger partial charge in [0.05, 0.1) is 12.2 Å². The Morgan fingerprint density at radius 3 is 2.56 bits per heavy atom. The summed E-state index contributed by atoms with van der Waals surface area (Å²) in [5.74, 6) is 0.625. The van der Waals surface area contributed by atoms with E-state index < -0.39 is 0 Å². The number of halogens is 2. The Labute approximate surface area is 153 Å². The van der Waals surface area contributed by atoms with Crippen LogP contribution in [0.3, 0.4) is 0 Å². The summed E-state index contributed by atoms with van der Waals surface area (Å²) < 4.78 is 14.7. The molecule has 0 unspecified atom stereocenters. The van der Waals surface area contributed by atoms with Crippen molar-refractivity contribution in [2.75, 3.05) is 31.5 Å². The third-order valence-electron chi connectivity index (χ3n) is 4.22. The van der Waals surface area contributed by atoms with Gasteiger partial charge in [0.2, 0.25) is 5.91 Å². The van der Waals surface area contributed by atoms with Crippen molar-refractivity contribution in [3.05, 3.63) is 35.9 Å². The van der Waals surface area contributed by atoms with Crippen LogP contribution >= 0.6 is 15.9 Å². The number of amides is 1. The van der Waals surface area contributed by atoms with Crippen molar-refractivity contribution in [1.82, 2.24) is 30.0 Å². The SMILES string of the molecule is O=C(CCCBr)N1CCN(Cc2nnnn2-c2ccc(F)cc2)CC1. The van der Waals surface area contributed by atoms with Gasteiger partial charge in [0.1, 0.15) is 5.82 Å². The highest BCUT2D eigenvalue weighted by Crippen LogP contribution is 2.13. The molecule has 0 bridgehead atoms. The number of aromatic nitrogens is 4. The van der Waals surface area contributed by atoms with Gasteiger partial charge >= 0.3 is 0 Å². The molecular formula is C16H20BrFN6O. The van der Waals surface area contributed by atoms with E-state index in [1.54, 1.807) is 16.8 Å². The van der Waals surface area contributed by atoms with E-state index in [0.717, 1.165) is 43.6 Å². The highest BCUT2D eigenvalue weighted by Gasteiger charge is 2.22. The number of hydrogen-bond donors (Lipinski definition) is 0. The summed E-state index contributed by atoms with van der Waals surface area (Å²) in [5.41, 5.74) is 0.727. The van der Waals surface area contributed by atoms with Gasteiger partial charge in [0.15, 0.2) is 5.82 Å². The molecule has 0 aliphatic carbocycles. The van der Waals surface area contributed by atoms with Crippen LogP contribution in [0.5, 0.6) is 0 Å². The van der Waals surface area contributed by atoms with Gasteiger partial charge in [-0.3, -0.25) is 9.69 Å². The molecule has 1 saturated heterocycles. The van der Waals surface area contributed by atoms with Crippen LogP contribution in [0, 0.1) is 5.82 Å². The van der Waals surface area contributed by atoms with Crippen LogP contribution in [0.15, 0.2) is 24.3 Å². The van der Waals surface area contributed by atoms with Crippen molar-refractivity contribution in [2.45, 2.75) is 19.4 Å². The molecule has 1 aliphatic rings. The summed E-state index contributed by atoms with van der Waals surface area (Å²) in [6.07, 6.45) is 1.46. The van der Waals surface area contributed by atoms with Crippen LogP contribution in [-0.2, 0) is 11.3 Å². The van der Waals surface area contributed by atoms with E-state index in [4.69, 9.17) is 0 Å². The molecule has 1 aromatic carbocycles. The van der Waals surface area contributed by atoms with Crippen molar-refractivity contribution < 1.29 is 9.18 Å². The van der Waals surface area contributed by atoms with Crippen LogP contribution in [0.4, 0.5) is 4.39 Å². The molecule has 1 fully saturated rings. The third kappa shape index (κ3) is 4.60. The summed E-state index contributed by atoms with van der Waals surface area (Å²) in [5, 5.41) is 12.7. The Morgan fingerprint density at radius 1 is 1.16 bits per heavy atom. The van der Waals surface area contributed by atoms with Gasteiger partial charge in [0, 0.05) is 37.9 Å². The average molecular weight is 411 g/mol. The lowest BCUT2D eigenvalue weighted by atomic mass is 10.2. The maximum absolute atomic E-state index is 13.1. The lowest BCUT2D eigenvalue weighted by Crippen LogP contribution is -2.48. The molecule has 25 heavy (non-hydrogen) atoms. The van der Waals surface area contributed by atoms with Gasteiger partial charge in [-0.15, -0.1) is 5.10 Å². The zero-order valence-corrected chi connectivity index (χ0v) is 15.4. The Kier molecular flexibility index (Phi) is 6.09. The van der Waals surface area contributed by atoms with Crippen molar-refractivity contribution in [2.24, 2.45) is 0 Å². The number of tetrazole rings is 1. The maximum Gasteiger partial charge on any atom is 0.222 e. The number of hydrogen-bond acceptors (Lipinski definition) is 5. The molecule has 134 valence electrons. The molecule has 1 aliphatic heterocycles. The van der Waals surface area contributed by atoms with Crippen LogP contribution in [0.1, 0.15) is 18.7 Å². The van der Waals surface area contributed by atoms with Crippen LogP contribution in [0.25, 0.3) is 5.69 Å². The van der Waals surface area contributed by atoms with Crippen LogP contribution in [-0.4, -0.2) is 67.4 Å². The van der Waals surface area contributed by atoms with Crippen LogP contribution in [0.2, 0.25) is 0 Å². The summed E-state index contributed by atoms with van der Waals surface area (Å²) in [7, 11) is 0. The normalized spacial score (nSPS) is 15.5. The number of nitrogens with zero attached hydrogens (tertiary/aromatic N) is 6. The number of piperazine rings is 1. The van der Waals surface area contributed by atoms with E-state index >= 15 is 0 Å². The van der Waals surface area contributed by atoms with Gasteiger partial charge in [-0.1, -0.05) is 15.9 Å². The van der Waals surface area contributed by atoms with E-state index in [-0.39, 0.29) is 11.7 Å². The molecular weight excluding hydrogens is 391 g/mol. The molecule has 1 amide bonds. The average Bonchev–Trinajstić information content (AvgIpc) is 3.09. The maximum atomic E-state index is 13.1. The molecule has 0 atom stereocenters. The standard InChI is InChI=1S/C16H20BrFN6O/c17-7-1-2-16(25)23-10-8-22(9-11-23)12-15-19-20-21-24(15)14-5-3-13(18)4-6-14/h3-6H,1-2,7-12H2. The number of alkyl halides is 1. The minimum absolute atomic E-state index is 0.218. The zero-order chi connectivity index (χ0) is 17.6. The van der Waals surface area contributed by atoms with Gasteiger partial charge in [-0.2, -0.15) is 4.68 Å². The first-order valence-corrected chi connectivity index (χ1v) is 9.39. The molecule has 0 saturated carbocycles. The quantitative estimate of drug-likeness (QED) is 0.676.